The van der Waals surface area contributed by atoms with E-state index in [1.54, 1.807) is 0 Å². The van der Waals surface area contributed by atoms with Crippen LogP contribution in [0.5, 0.6) is 0 Å². The highest BCUT2D eigenvalue weighted by atomic mass is 16.4. The lowest BCUT2D eigenvalue weighted by atomic mass is 10.0. The molecular weight excluding hydrogens is 302 g/mol. The molecule has 2 heterocycles. The third-order valence-corrected chi connectivity index (χ3v) is 4.52. The average molecular weight is 325 g/mol. The molecule has 5 heteroatoms. The van der Waals surface area contributed by atoms with E-state index in [0.29, 0.717) is 12.2 Å². The molecule has 0 aliphatic carbocycles. The van der Waals surface area contributed by atoms with Gasteiger partial charge in [-0.3, -0.25) is 0 Å². The van der Waals surface area contributed by atoms with Crippen molar-refractivity contribution in [3.05, 3.63) is 41.6 Å². The average Bonchev–Trinajstić information content (AvgIpc) is 2.61. The number of rotatable bonds is 4. The second kappa shape index (κ2) is 6.99. The molecule has 1 aliphatic rings. The summed E-state index contributed by atoms with van der Waals surface area (Å²) in [4.78, 5) is 22.8. The van der Waals surface area contributed by atoms with Crippen LogP contribution in [0.25, 0.3) is 11.4 Å². The second-order valence-corrected chi connectivity index (χ2v) is 6.30. The largest absolute Gasteiger partial charge is 0.480 e. The molecule has 1 aromatic carbocycles. The minimum absolute atomic E-state index is 0.496. The van der Waals surface area contributed by atoms with Gasteiger partial charge in [0.2, 0.25) is 0 Å². The first-order valence-corrected chi connectivity index (χ1v) is 8.53. The number of aromatic nitrogens is 2. The van der Waals surface area contributed by atoms with Crippen molar-refractivity contribution in [3.63, 3.8) is 0 Å². The van der Waals surface area contributed by atoms with Gasteiger partial charge in [-0.05, 0) is 32.6 Å². The van der Waals surface area contributed by atoms with E-state index >= 15 is 0 Å². The lowest BCUT2D eigenvalue weighted by Gasteiger charge is -2.34. The van der Waals surface area contributed by atoms with Gasteiger partial charge < -0.3 is 10.0 Å². The molecule has 2 aromatic rings. The first-order valence-electron chi connectivity index (χ1n) is 8.53. The van der Waals surface area contributed by atoms with Crippen LogP contribution in [0.15, 0.2) is 30.3 Å². The minimum atomic E-state index is -0.775. The summed E-state index contributed by atoms with van der Waals surface area (Å²) in [7, 11) is 0. The molecule has 24 heavy (non-hydrogen) atoms. The van der Waals surface area contributed by atoms with E-state index in [-0.39, 0.29) is 0 Å². The number of benzene rings is 1. The van der Waals surface area contributed by atoms with E-state index in [2.05, 4.69) is 16.9 Å². The van der Waals surface area contributed by atoms with Gasteiger partial charge in [-0.15, -0.1) is 0 Å². The molecular formula is C19H23N3O2. The van der Waals surface area contributed by atoms with Crippen LogP contribution in [0, 0.1) is 6.92 Å². The monoisotopic (exact) mass is 325 g/mol. The molecule has 0 saturated carbocycles. The van der Waals surface area contributed by atoms with Gasteiger partial charge in [-0.25, -0.2) is 14.8 Å². The molecule has 0 radical (unpaired) electrons. The second-order valence-electron chi connectivity index (χ2n) is 6.30. The van der Waals surface area contributed by atoms with Gasteiger partial charge in [-0.1, -0.05) is 36.8 Å². The molecule has 1 aromatic heterocycles. The number of aryl methyl sites for hydroxylation is 2. The van der Waals surface area contributed by atoms with E-state index in [1.165, 1.54) is 5.56 Å². The van der Waals surface area contributed by atoms with Crippen molar-refractivity contribution in [2.75, 3.05) is 11.4 Å². The van der Waals surface area contributed by atoms with Crippen LogP contribution in [-0.4, -0.2) is 33.6 Å². The quantitative estimate of drug-likeness (QED) is 0.932. The van der Waals surface area contributed by atoms with Crippen molar-refractivity contribution in [1.29, 1.82) is 0 Å². The predicted octanol–water partition coefficient (Wildman–Crippen LogP) is 3.46. The van der Waals surface area contributed by atoms with E-state index in [9.17, 15) is 9.90 Å². The predicted molar refractivity (Wildman–Crippen MR) is 94.2 cm³/mol. The van der Waals surface area contributed by atoms with E-state index in [4.69, 9.17) is 0 Å². The van der Waals surface area contributed by atoms with Gasteiger partial charge in [0.25, 0.3) is 0 Å². The molecule has 1 unspecified atom stereocenters. The standard InChI is InChI=1S/C19H23N3O2/c1-3-15-12-17(22-11-5-4-6-16(22)19(23)24)21-18(20-15)14-9-7-13(2)8-10-14/h7-10,12,16H,3-6,11H2,1-2H3,(H,23,24). The summed E-state index contributed by atoms with van der Waals surface area (Å²) in [6.07, 6.45) is 3.40. The maximum absolute atomic E-state index is 11.6. The van der Waals surface area contributed by atoms with Crippen LogP contribution in [0.1, 0.15) is 37.4 Å². The maximum atomic E-state index is 11.6. The van der Waals surface area contributed by atoms with Crippen molar-refractivity contribution >= 4 is 11.8 Å². The number of anilines is 1. The Bertz CT molecular complexity index is 728. The third kappa shape index (κ3) is 3.40. The summed E-state index contributed by atoms with van der Waals surface area (Å²) < 4.78 is 0. The summed E-state index contributed by atoms with van der Waals surface area (Å²) in [6, 6.07) is 9.54. The first-order chi connectivity index (χ1) is 11.6. The number of carboxylic acid groups (broad SMARTS) is 1. The summed E-state index contributed by atoms with van der Waals surface area (Å²) in [6.45, 7) is 4.82. The van der Waals surface area contributed by atoms with E-state index < -0.39 is 12.0 Å². The molecule has 1 saturated heterocycles. The fourth-order valence-electron chi connectivity index (χ4n) is 3.11. The van der Waals surface area contributed by atoms with Gasteiger partial charge in [-0.2, -0.15) is 0 Å². The van der Waals surface area contributed by atoms with Gasteiger partial charge in [0.15, 0.2) is 5.82 Å². The van der Waals surface area contributed by atoms with E-state index in [0.717, 1.165) is 42.9 Å². The molecule has 1 atom stereocenters. The number of hydrogen-bond donors (Lipinski definition) is 1. The first kappa shape index (κ1) is 16.4. The smallest absolute Gasteiger partial charge is 0.326 e. The minimum Gasteiger partial charge on any atom is -0.480 e. The highest BCUT2D eigenvalue weighted by molar-refractivity contribution is 5.78. The van der Waals surface area contributed by atoms with Gasteiger partial charge >= 0.3 is 5.97 Å². The molecule has 1 aliphatic heterocycles. The SMILES string of the molecule is CCc1cc(N2CCCCC2C(=O)O)nc(-c2ccc(C)cc2)n1. The molecule has 5 nitrogen and oxygen atoms in total. The fraction of sp³-hybridized carbons (Fsp3) is 0.421. The summed E-state index contributed by atoms with van der Waals surface area (Å²) in [5, 5.41) is 9.53. The van der Waals surface area contributed by atoms with Crippen LogP contribution in [-0.2, 0) is 11.2 Å². The van der Waals surface area contributed by atoms with Crippen molar-refractivity contribution < 1.29 is 9.90 Å². The summed E-state index contributed by atoms with van der Waals surface area (Å²) >= 11 is 0. The fourth-order valence-corrected chi connectivity index (χ4v) is 3.11. The zero-order valence-corrected chi connectivity index (χ0v) is 14.2. The van der Waals surface area contributed by atoms with Gasteiger partial charge in [0.05, 0.1) is 0 Å². The van der Waals surface area contributed by atoms with Crippen molar-refractivity contribution in [1.82, 2.24) is 9.97 Å². The molecule has 0 bridgehead atoms. The van der Waals surface area contributed by atoms with Crippen LogP contribution in [0.2, 0.25) is 0 Å². The molecule has 126 valence electrons. The highest BCUT2D eigenvalue weighted by Crippen LogP contribution is 2.26. The lowest BCUT2D eigenvalue weighted by molar-refractivity contribution is -0.139. The molecule has 1 N–H and O–H groups in total. The Morgan fingerprint density at radius 3 is 2.67 bits per heavy atom. The number of carbonyl (C=O) groups is 1. The van der Waals surface area contributed by atoms with Crippen LogP contribution in [0.4, 0.5) is 5.82 Å². The normalized spacial score (nSPS) is 17.8. The van der Waals surface area contributed by atoms with Crippen molar-refractivity contribution in [2.24, 2.45) is 0 Å². The van der Waals surface area contributed by atoms with Crippen molar-refractivity contribution in [3.8, 4) is 11.4 Å². The number of aliphatic carboxylic acids is 1. The summed E-state index contributed by atoms with van der Waals surface area (Å²) in [5.41, 5.74) is 3.08. The maximum Gasteiger partial charge on any atom is 0.326 e. The van der Waals surface area contributed by atoms with E-state index in [1.807, 2.05) is 42.2 Å². The van der Waals surface area contributed by atoms with Crippen LogP contribution >= 0.6 is 0 Å². The topological polar surface area (TPSA) is 66.3 Å². The number of carboxylic acids is 1. The van der Waals surface area contributed by atoms with Gasteiger partial charge in [0, 0.05) is 23.9 Å². The Kier molecular flexibility index (Phi) is 4.79. The van der Waals surface area contributed by atoms with Gasteiger partial charge in [0.1, 0.15) is 11.9 Å². The Morgan fingerprint density at radius 2 is 2.00 bits per heavy atom. The zero-order valence-electron chi connectivity index (χ0n) is 14.2. The summed E-state index contributed by atoms with van der Waals surface area (Å²) in [5.74, 6) is 0.617. The number of hydrogen-bond acceptors (Lipinski definition) is 4. The van der Waals surface area contributed by atoms with Crippen LogP contribution < -0.4 is 4.90 Å². The Hall–Kier alpha value is -2.43. The third-order valence-electron chi connectivity index (χ3n) is 4.52. The Morgan fingerprint density at radius 1 is 1.25 bits per heavy atom. The Labute approximate surface area is 142 Å². The number of nitrogens with zero attached hydrogens (tertiary/aromatic N) is 3. The highest BCUT2D eigenvalue weighted by Gasteiger charge is 2.29. The molecule has 0 spiro atoms. The molecule has 1 fully saturated rings. The molecule has 0 amide bonds. The zero-order chi connectivity index (χ0) is 17.1. The Balaban J connectivity index is 2.02. The number of piperidine rings is 1. The molecule has 3 rings (SSSR count). The lowest BCUT2D eigenvalue weighted by Crippen LogP contribution is -2.45. The van der Waals surface area contributed by atoms with Crippen molar-refractivity contribution in [2.45, 2.75) is 45.6 Å². The van der Waals surface area contributed by atoms with Crippen LogP contribution in [0.3, 0.4) is 0 Å².